The van der Waals surface area contributed by atoms with E-state index < -0.39 is 29.9 Å². The number of aryl methyl sites for hydroxylation is 1. The molecule has 4 rings (SSSR count). The molecule has 0 aromatic heterocycles. The molecule has 1 saturated heterocycles. The van der Waals surface area contributed by atoms with Gasteiger partial charge in [-0.05, 0) is 54.7 Å². The van der Waals surface area contributed by atoms with Gasteiger partial charge in [0.15, 0.2) is 11.5 Å². The number of anilines is 1. The molecule has 1 fully saturated rings. The van der Waals surface area contributed by atoms with Gasteiger partial charge in [0.25, 0.3) is 5.91 Å². The van der Waals surface area contributed by atoms with Gasteiger partial charge in [0, 0.05) is 11.8 Å². The fourth-order valence-corrected chi connectivity index (χ4v) is 4.38. The van der Waals surface area contributed by atoms with E-state index in [0.29, 0.717) is 29.4 Å². The summed E-state index contributed by atoms with van der Waals surface area (Å²) in [4.78, 5) is 39.7. The summed E-state index contributed by atoms with van der Waals surface area (Å²) in [5, 5.41) is 5.54. The van der Waals surface area contributed by atoms with Gasteiger partial charge in [-0.3, -0.25) is 14.5 Å². The van der Waals surface area contributed by atoms with Crippen LogP contribution in [0.5, 0.6) is 17.2 Å². The van der Waals surface area contributed by atoms with Crippen molar-refractivity contribution < 1.29 is 28.6 Å². The molecule has 32 heavy (non-hydrogen) atoms. The summed E-state index contributed by atoms with van der Waals surface area (Å²) >= 11 is 0. The summed E-state index contributed by atoms with van der Waals surface area (Å²) in [7, 11) is 4.60. The van der Waals surface area contributed by atoms with Crippen molar-refractivity contribution in [3.05, 3.63) is 47.5 Å². The fraction of sp³-hybridized carbons (Fsp3) is 0.348. The number of hydrogen-bond acceptors (Lipinski definition) is 6. The smallest absolute Gasteiger partial charge is 0.325 e. The van der Waals surface area contributed by atoms with Crippen molar-refractivity contribution in [3.8, 4) is 17.2 Å². The number of amides is 4. The molecule has 9 heteroatoms. The third-order valence-corrected chi connectivity index (χ3v) is 5.91. The minimum absolute atomic E-state index is 0.397. The molecule has 1 heterocycles. The number of hydrogen-bond donors (Lipinski definition) is 2. The molecule has 168 valence electrons. The van der Waals surface area contributed by atoms with E-state index in [1.807, 2.05) is 12.1 Å². The first-order chi connectivity index (χ1) is 15.4. The number of carbonyl (C=O) groups is 3. The molecule has 0 unspecified atom stereocenters. The Morgan fingerprint density at radius 1 is 1.06 bits per heavy atom. The summed E-state index contributed by atoms with van der Waals surface area (Å²) in [5.74, 6) is 0.756. The Kier molecular flexibility index (Phi) is 5.65. The summed E-state index contributed by atoms with van der Waals surface area (Å²) in [6.07, 6.45) is 2.00. The number of rotatable bonds is 6. The van der Waals surface area contributed by atoms with E-state index in [4.69, 9.17) is 14.2 Å². The Balaban J connectivity index is 1.53. The van der Waals surface area contributed by atoms with Crippen LogP contribution in [0, 0.1) is 0 Å². The lowest BCUT2D eigenvalue weighted by Crippen LogP contribution is -2.47. The van der Waals surface area contributed by atoms with Gasteiger partial charge in [0.05, 0.1) is 21.3 Å². The zero-order chi connectivity index (χ0) is 22.9. The standard InChI is InChI=1S/C23H25N3O6/c1-30-16-7-8-17-14(11-16)5-4-10-23(17)21(28)26(22(29)25-23)13-20(27)24-15-6-9-18(31-2)19(12-15)32-3/h6-9,11-12H,4-5,10,13H2,1-3H3,(H,24,27)(H,25,29)/t23-/m0/s1. The predicted octanol–water partition coefficient (Wildman–Crippen LogP) is 2.43. The highest BCUT2D eigenvalue weighted by atomic mass is 16.5. The molecule has 2 aliphatic rings. The molecule has 4 amide bonds. The molecule has 9 nitrogen and oxygen atoms in total. The number of imide groups is 1. The van der Waals surface area contributed by atoms with Crippen molar-refractivity contribution in [2.24, 2.45) is 0 Å². The number of benzene rings is 2. The number of methoxy groups -OCH3 is 3. The normalized spacial score (nSPS) is 19.4. The molecule has 1 aliphatic heterocycles. The van der Waals surface area contributed by atoms with Gasteiger partial charge >= 0.3 is 6.03 Å². The quantitative estimate of drug-likeness (QED) is 0.670. The highest BCUT2D eigenvalue weighted by Gasteiger charge is 2.54. The summed E-state index contributed by atoms with van der Waals surface area (Å²) in [5.41, 5.74) is 1.02. The molecule has 2 aromatic rings. The lowest BCUT2D eigenvalue weighted by atomic mass is 9.76. The Labute approximate surface area is 185 Å². The predicted molar refractivity (Wildman–Crippen MR) is 116 cm³/mol. The van der Waals surface area contributed by atoms with Crippen LogP contribution < -0.4 is 24.8 Å². The second-order valence-corrected chi connectivity index (χ2v) is 7.72. The summed E-state index contributed by atoms with van der Waals surface area (Å²) < 4.78 is 15.7. The number of ether oxygens (including phenoxy) is 3. The first-order valence-corrected chi connectivity index (χ1v) is 10.2. The van der Waals surface area contributed by atoms with Gasteiger partial charge in [-0.25, -0.2) is 4.79 Å². The molecule has 2 N–H and O–H groups in total. The van der Waals surface area contributed by atoms with E-state index in [9.17, 15) is 14.4 Å². The third-order valence-electron chi connectivity index (χ3n) is 5.91. The molecule has 0 bridgehead atoms. The average molecular weight is 439 g/mol. The van der Waals surface area contributed by atoms with Crippen molar-refractivity contribution in [1.82, 2.24) is 10.2 Å². The number of nitrogens with zero attached hydrogens (tertiary/aromatic N) is 1. The maximum Gasteiger partial charge on any atom is 0.325 e. The zero-order valence-electron chi connectivity index (χ0n) is 18.2. The Hall–Kier alpha value is -3.75. The first-order valence-electron chi connectivity index (χ1n) is 10.2. The Morgan fingerprint density at radius 2 is 1.84 bits per heavy atom. The van der Waals surface area contributed by atoms with Gasteiger partial charge in [0.1, 0.15) is 17.8 Å². The number of fused-ring (bicyclic) bond motifs is 2. The second kappa shape index (κ2) is 8.41. The van der Waals surface area contributed by atoms with Crippen molar-refractivity contribution >= 4 is 23.5 Å². The summed E-state index contributed by atoms with van der Waals surface area (Å²) in [6, 6.07) is 9.82. The van der Waals surface area contributed by atoms with Crippen molar-refractivity contribution in [2.45, 2.75) is 24.8 Å². The van der Waals surface area contributed by atoms with Crippen molar-refractivity contribution in [2.75, 3.05) is 33.2 Å². The second-order valence-electron chi connectivity index (χ2n) is 7.72. The highest BCUT2D eigenvalue weighted by Crippen LogP contribution is 2.41. The topological polar surface area (TPSA) is 106 Å². The Bertz CT molecular complexity index is 1090. The monoisotopic (exact) mass is 439 g/mol. The molecule has 0 saturated carbocycles. The number of nitrogens with one attached hydrogen (secondary N) is 2. The van der Waals surface area contributed by atoms with Gasteiger partial charge in [0.2, 0.25) is 5.91 Å². The Morgan fingerprint density at radius 3 is 2.56 bits per heavy atom. The van der Waals surface area contributed by atoms with E-state index in [2.05, 4.69) is 10.6 Å². The SMILES string of the molecule is COc1ccc2c(c1)CCC[C@]21NC(=O)N(CC(=O)Nc2ccc(OC)c(OC)c2)C1=O. The maximum absolute atomic E-state index is 13.4. The van der Waals surface area contributed by atoms with Crippen molar-refractivity contribution in [3.63, 3.8) is 0 Å². The molecule has 1 aliphatic carbocycles. The lowest BCUT2D eigenvalue weighted by molar-refractivity contribution is -0.134. The van der Waals surface area contributed by atoms with E-state index in [1.54, 1.807) is 31.4 Å². The van der Waals surface area contributed by atoms with E-state index in [1.165, 1.54) is 14.2 Å². The van der Waals surface area contributed by atoms with Gasteiger partial charge in [-0.1, -0.05) is 6.07 Å². The zero-order valence-corrected chi connectivity index (χ0v) is 18.2. The van der Waals surface area contributed by atoms with E-state index in [-0.39, 0.29) is 0 Å². The van der Waals surface area contributed by atoms with Crippen LogP contribution in [0.3, 0.4) is 0 Å². The molecule has 1 atom stereocenters. The number of urea groups is 1. The molecule has 0 radical (unpaired) electrons. The third kappa shape index (κ3) is 3.59. The van der Waals surface area contributed by atoms with Gasteiger partial charge in [-0.15, -0.1) is 0 Å². The van der Waals surface area contributed by atoms with Crippen LogP contribution in [0.15, 0.2) is 36.4 Å². The van der Waals surface area contributed by atoms with Crippen molar-refractivity contribution in [1.29, 1.82) is 0 Å². The van der Waals surface area contributed by atoms with Crippen LogP contribution in [0.25, 0.3) is 0 Å². The van der Waals surface area contributed by atoms with E-state index >= 15 is 0 Å². The molecular formula is C23H25N3O6. The van der Waals surface area contributed by atoms with Crippen LogP contribution in [-0.4, -0.2) is 50.6 Å². The van der Waals surface area contributed by atoms with Crippen LogP contribution in [0.4, 0.5) is 10.5 Å². The van der Waals surface area contributed by atoms with Gasteiger partial charge in [-0.2, -0.15) is 0 Å². The average Bonchev–Trinajstić information content (AvgIpc) is 3.03. The van der Waals surface area contributed by atoms with Crippen LogP contribution in [0.1, 0.15) is 24.0 Å². The van der Waals surface area contributed by atoms with Crippen LogP contribution in [-0.2, 0) is 21.5 Å². The number of carbonyl (C=O) groups excluding carboxylic acids is 3. The first kappa shape index (κ1) is 21.5. The minimum atomic E-state index is -1.15. The lowest BCUT2D eigenvalue weighted by Gasteiger charge is -2.33. The molecule has 1 spiro atoms. The van der Waals surface area contributed by atoms with E-state index in [0.717, 1.165) is 28.9 Å². The highest BCUT2D eigenvalue weighted by molar-refractivity contribution is 6.10. The largest absolute Gasteiger partial charge is 0.497 e. The summed E-state index contributed by atoms with van der Waals surface area (Å²) in [6.45, 7) is -0.397. The molecular weight excluding hydrogens is 414 g/mol. The van der Waals surface area contributed by atoms with Crippen LogP contribution in [0.2, 0.25) is 0 Å². The van der Waals surface area contributed by atoms with Crippen LogP contribution >= 0.6 is 0 Å². The fourth-order valence-electron chi connectivity index (χ4n) is 4.38. The minimum Gasteiger partial charge on any atom is -0.497 e. The van der Waals surface area contributed by atoms with Gasteiger partial charge < -0.3 is 24.8 Å². The maximum atomic E-state index is 13.4. The molecule has 2 aromatic carbocycles.